The van der Waals surface area contributed by atoms with E-state index in [1.165, 1.54) is 0 Å². The highest BCUT2D eigenvalue weighted by atomic mass is 19.4. The van der Waals surface area contributed by atoms with Crippen molar-refractivity contribution in [3.63, 3.8) is 0 Å². The zero-order chi connectivity index (χ0) is 24.3. The number of carbonyl (C=O) groups excluding carboxylic acids is 3. The van der Waals surface area contributed by atoms with Crippen LogP contribution in [-0.2, 0) is 22.5 Å². The average Bonchev–Trinajstić information content (AvgIpc) is 3.17. The van der Waals surface area contributed by atoms with Gasteiger partial charge in [-0.2, -0.15) is 18.2 Å². The van der Waals surface area contributed by atoms with E-state index in [1.54, 1.807) is 18.2 Å². The maximum Gasteiger partial charge on any atom is 0.493 e. The lowest BCUT2D eigenvalue weighted by Crippen LogP contribution is -2.45. The molecule has 0 heterocycles. The summed E-state index contributed by atoms with van der Waals surface area (Å²) in [6.45, 7) is 0.561. The molecule has 0 N–H and O–H groups in total. The van der Waals surface area contributed by atoms with E-state index in [4.69, 9.17) is 0 Å². The molecule has 3 rings (SSSR count). The number of rotatable bonds is 6. The number of nitrogens with zero attached hydrogens (tertiary/aromatic N) is 2. The van der Waals surface area contributed by atoms with Gasteiger partial charge in [0.25, 0.3) is 5.91 Å². The van der Waals surface area contributed by atoms with E-state index >= 15 is 0 Å². The lowest BCUT2D eigenvalue weighted by molar-refractivity contribution is -0.233. The SMILES string of the molecule is CN(C)CCC(=O)c1ccc2c(c1)CC(N(OC(=O)C(F)(F)F)C(=O)c1ccc(F)cc1)C2. The first-order valence-corrected chi connectivity index (χ1v) is 10.1. The maximum absolute atomic E-state index is 13.2. The van der Waals surface area contributed by atoms with Crippen LogP contribution in [0.3, 0.4) is 0 Å². The van der Waals surface area contributed by atoms with Crippen LogP contribution in [0.25, 0.3) is 0 Å². The molecule has 1 atom stereocenters. The summed E-state index contributed by atoms with van der Waals surface area (Å²) in [7, 11) is 3.69. The van der Waals surface area contributed by atoms with Crippen molar-refractivity contribution in [3.05, 3.63) is 70.5 Å². The predicted molar refractivity (Wildman–Crippen MR) is 110 cm³/mol. The molecule has 1 aliphatic rings. The third kappa shape index (κ3) is 5.95. The van der Waals surface area contributed by atoms with Crippen molar-refractivity contribution >= 4 is 17.7 Å². The van der Waals surface area contributed by atoms with Crippen molar-refractivity contribution in [2.75, 3.05) is 20.6 Å². The smallest absolute Gasteiger partial charge is 0.329 e. The highest BCUT2D eigenvalue weighted by Gasteiger charge is 2.45. The molecule has 0 saturated heterocycles. The fourth-order valence-electron chi connectivity index (χ4n) is 3.55. The number of fused-ring (bicyclic) bond motifs is 1. The molecule has 2 aromatic carbocycles. The van der Waals surface area contributed by atoms with Gasteiger partial charge in [0.05, 0.1) is 6.04 Å². The van der Waals surface area contributed by atoms with Crippen molar-refractivity contribution < 1.29 is 36.8 Å². The van der Waals surface area contributed by atoms with E-state index in [9.17, 15) is 31.9 Å². The second-order valence-electron chi connectivity index (χ2n) is 8.04. The number of hydrogen-bond donors (Lipinski definition) is 0. The number of benzene rings is 2. The number of alkyl halides is 3. The molecule has 33 heavy (non-hydrogen) atoms. The van der Waals surface area contributed by atoms with E-state index in [-0.39, 0.29) is 24.2 Å². The largest absolute Gasteiger partial charge is 0.493 e. The maximum atomic E-state index is 13.2. The van der Waals surface area contributed by atoms with Gasteiger partial charge in [-0.3, -0.25) is 9.59 Å². The molecule has 10 heteroatoms. The lowest BCUT2D eigenvalue weighted by Gasteiger charge is -2.27. The molecule has 0 bridgehead atoms. The van der Waals surface area contributed by atoms with Crippen molar-refractivity contribution in [2.45, 2.75) is 31.5 Å². The molecule has 1 unspecified atom stereocenters. The van der Waals surface area contributed by atoms with Gasteiger partial charge in [-0.05, 0) is 68.4 Å². The summed E-state index contributed by atoms with van der Waals surface area (Å²) < 4.78 is 51.7. The normalized spacial score (nSPS) is 15.3. The first-order valence-electron chi connectivity index (χ1n) is 10.1. The number of carbonyl (C=O) groups is 3. The Morgan fingerprint density at radius 3 is 2.18 bits per heavy atom. The molecular formula is C23H22F4N2O4. The minimum absolute atomic E-state index is 0.0855. The second-order valence-corrected chi connectivity index (χ2v) is 8.04. The Morgan fingerprint density at radius 2 is 1.58 bits per heavy atom. The molecule has 2 aromatic rings. The van der Waals surface area contributed by atoms with Crippen LogP contribution >= 0.6 is 0 Å². The van der Waals surface area contributed by atoms with E-state index in [0.717, 1.165) is 29.8 Å². The zero-order valence-corrected chi connectivity index (χ0v) is 18.0. The second kappa shape index (κ2) is 9.70. The van der Waals surface area contributed by atoms with Gasteiger partial charge in [0.2, 0.25) is 0 Å². The summed E-state index contributed by atoms with van der Waals surface area (Å²) in [5.41, 5.74) is 1.72. The van der Waals surface area contributed by atoms with Crippen molar-refractivity contribution in [3.8, 4) is 0 Å². The average molecular weight is 466 g/mol. The summed E-state index contributed by atoms with van der Waals surface area (Å²) in [6, 6.07) is 8.19. The molecule has 1 amide bonds. The molecule has 0 aliphatic heterocycles. The molecule has 0 fully saturated rings. The molecule has 6 nitrogen and oxygen atoms in total. The number of halogens is 4. The van der Waals surface area contributed by atoms with Gasteiger partial charge < -0.3 is 9.74 Å². The van der Waals surface area contributed by atoms with E-state index in [0.29, 0.717) is 29.2 Å². The van der Waals surface area contributed by atoms with E-state index in [1.807, 2.05) is 19.0 Å². The van der Waals surface area contributed by atoms with Gasteiger partial charge in [0, 0.05) is 24.1 Å². The Balaban J connectivity index is 1.84. The van der Waals surface area contributed by atoms with Gasteiger partial charge in [0.15, 0.2) is 5.78 Å². The zero-order valence-electron chi connectivity index (χ0n) is 18.0. The summed E-state index contributed by atoms with van der Waals surface area (Å²) >= 11 is 0. The Labute approximate surface area is 187 Å². The van der Waals surface area contributed by atoms with Crippen LogP contribution in [0.4, 0.5) is 17.6 Å². The number of ketones is 1. The quantitative estimate of drug-likeness (QED) is 0.370. The first-order chi connectivity index (χ1) is 15.5. The van der Waals surface area contributed by atoms with Gasteiger partial charge in [0.1, 0.15) is 5.82 Å². The van der Waals surface area contributed by atoms with Crippen LogP contribution in [0.5, 0.6) is 0 Å². The highest BCUT2D eigenvalue weighted by molar-refractivity contribution is 5.97. The first kappa shape index (κ1) is 24.4. The predicted octanol–water partition coefficient (Wildman–Crippen LogP) is 3.59. The highest BCUT2D eigenvalue weighted by Crippen LogP contribution is 2.29. The molecule has 0 radical (unpaired) electrons. The van der Waals surface area contributed by atoms with Gasteiger partial charge >= 0.3 is 12.1 Å². The Morgan fingerprint density at radius 1 is 0.970 bits per heavy atom. The molecule has 0 spiro atoms. The fraction of sp³-hybridized carbons (Fsp3) is 0.348. The lowest BCUT2D eigenvalue weighted by atomic mass is 10.0. The number of hydrogen-bond acceptors (Lipinski definition) is 5. The van der Waals surface area contributed by atoms with Gasteiger partial charge in [-0.25, -0.2) is 9.18 Å². The van der Waals surface area contributed by atoms with Crippen LogP contribution < -0.4 is 0 Å². The fourth-order valence-corrected chi connectivity index (χ4v) is 3.55. The van der Waals surface area contributed by atoms with Crippen LogP contribution in [0, 0.1) is 5.82 Å². The Kier molecular flexibility index (Phi) is 7.16. The van der Waals surface area contributed by atoms with Crippen LogP contribution in [0.15, 0.2) is 42.5 Å². The summed E-state index contributed by atoms with van der Waals surface area (Å²) in [5.74, 6) is -4.26. The Hall–Kier alpha value is -3.27. The molecule has 0 aromatic heterocycles. The summed E-state index contributed by atoms with van der Waals surface area (Å²) in [4.78, 5) is 43.2. The van der Waals surface area contributed by atoms with E-state index in [2.05, 4.69) is 4.84 Å². The van der Waals surface area contributed by atoms with Crippen molar-refractivity contribution in [1.82, 2.24) is 9.96 Å². The molecule has 1 aliphatic carbocycles. The minimum Gasteiger partial charge on any atom is -0.329 e. The standard InChI is InChI=1S/C23H22F4N2O4/c1-28(2)10-9-20(30)16-4-3-15-12-19(13-17(15)11-16)29(33-22(32)23(25,26)27)21(31)14-5-7-18(24)8-6-14/h3-8,11,19H,9-10,12-13H2,1-2H3. The van der Waals surface area contributed by atoms with Gasteiger partial charge in [-0.1, -0.05) is 12.1 Å². The van der Waals surface area contributed by atoms with Crippen molar-refractivity contribution in [1.29, 1.82) is 0 Å². The van der Waals surface area contributed by atoms with Crippen LogP contribution in [-0.4, -0.2) is 60.5 Å². The summed E-state index contributed by atoms with van der Waals surface area (Å²) in [5, 5.41) is 0.399. The monoisotopic (exact) mass is 466 g/mol. The summed E-state index contributed by atoms with van der Waals surface area (Å²) in [6.07, 6.45) is -4.80. The van der Waals surface area contributed by atoms with Gasteiger partial charge in [-0.15, -0.1) is 0 Å². The number of Topliss-reactive ketones (excluding diaryl/α,β-unsaturated/α-hetero) is 1. The van der Waals surface area contributed by atoms with E-state index < -0.39 is 29.9 Å². The molecular weight excluding hydrogens is 444 g/mol. The number of hydroxylamine groups is 2. The molecule has 0 saturated carbocycles. The third-order valence-corrected chi connectivity index (χ3v) is 5.26. The topological polar surface area (TPSA) is 66.9 Å². The van der Waals surface area contributed by atoms with Crippen molar-refractivity contribution in [2.24, 2.45) is 0 Å². The van der Waals surface area contributed by atoms with Crippen LogP contribution in [0.1, 0.15) is 38.3 Å². The van der Waals surface area contributed by atoms with Crippen LogP contribution in [0.2, 0.25) is 0 Å². The Bertz CT molecular complexity index is 1050. The molecule has 176 valence electrons. The third-order valence-electron chi connectivity index (χ3n) is 5.26. The minimum atomic E-state index is -5.31. The number of amides is 1.